The Morgan fingerprint density at radius 3 is 2.50 bits per heavy atom. The van der Waals surface area contributed by atoms with Crippen molar-refractivity contribution >= 4 is 16.0 Å². The predicted molar refractivity (Wildman–Crippen MR) is 65.4 cm³/mol. The lowest BCUT2D eigenvalue weighted by Crippen LogP contribution is -2.44. The van der Waals surface area contributed by atoms with Gasteiger partial charge in [-0.05, 0) is 6.42 Å². The SMILES string of the molecule is CCCN=C(NN)NCCS(=O)(=O)N(C)C. The normalized spacial score (nSPS) is 12.9. The van der Waals surface area contributed by atoms with Gasteiger partial charge in [-0.3, -0.25) is 10.4 Å². The van der Waals surface area contributed by atoms with Crippen LogP contribution in [0.3, 0.4) is 0 Å². The smallest absolute Gasteiger partial charge is 0.215 e. The molecule has 0 aromatic heterocycles. The number of hydrazine groups is 1. The number of sulfonamides is 1. The van der Waals surface area contributed by atoms with E-state index in [1.807, 2.05) is 6.92 Å². The maximum atomic E-state index is 11.4. The molecular weight excluding hydrogens is 230 g/mol. The van der Waals surface area contributed by atoms with Crippen molar-refractivity contribution in [2.45, 2.75) is 13.3 Å². The highest BCUT2D eigenvalue weighted by molar-refractivity contribution is 7.89. The number of guanidine groups is 1. The second-order valence-electron chi connectivity index (χ2n) is 3.40. The molecule has 0 heterocycles. The van der Waals surface area contributed by atoms with Crippen LogP contribution in [0.4, 0.5) is 0 Å². The average Bonchev–Trinajstić information content (AvgIpc) is 2.22. The number of hydrogen-bond donors (Lipinski definition) is 3. The lowest BCUT2D eigenvalue weighted by Gasteiger charge is -2.12. The zero-order chi connectivity index (χ0) is 12.6. The summed E-state index contributed by atoms with van der Waals surface area (Å²) in [5, 5.41) is 2.82. The van der Waals surface area contributed by atoms with Gasteiger partial charge in [0.15, 0.2) is 0 Å². The summed E-state index contributed by atoms with van der Waals surface area (Å²) in [4.78, 5) is 4.09. The Bertz CT molecular complexity index is 312. The van der Waals surface area contributed by atoms with Crippen LogP contribution in [0.1, 0.15) is 13.3 Å². The third-order valence-electron chi connectivity index (χ3n) is 1.84. The molecule has 0 saturated heterocycles. The zero-order valence-electron chi connectivity index (χ0n) is 10.0. The first-order chi connectivity index (χ1) is 7.44. The minimum Gasteiger partial charge on any atom is -0.354 e. The summed E-state index contributed by atoms with van der Waals surface area (Å²) in [6.45, 7) is 2.91. The Kier molecular flexibility index (Phi) is 7.02. The molecule has 0 spiro atoms. The fraction of sp³-hybridized carbons (Fsp3) is 0.875. The van der Waals surface area contributed by atoms with Crippen LogP contribution < -0.4 is 16.6 Å². The summed E-state index contributed by atoms with van der Waals surface area (Å²) in [7, 11) is -0.170. The van der Waals surface area contributed by atoms with Crippen LogP contribution in [-0.4, -0.2) is 51.6 Å². The van der Waals surface area contributed by atoms with E-state index in [1.54, 1.807) is 0 Å². The molecule has 0 rings (SSSR count). The Morgan fingerprint density at radius 2 is 2.06 bits per heavy atom. The molecule has 0 unspecified atom stereocenters. The summed E-state index contributed by atoms with van der Waals surface area (Å²) in [5.41, 5.74) is 2.38. The van der Waals surface area contributed by atoms with E-state index in [-0.39, 0.29) is 12.3 Å². The van der Waals surface area contributed by atoms with E-state index in [2.05, 4.69) is 15.7 Å². The predicted octanol–water partition coefficient (Wildman–Crippen LogP) is -1.30. The summed E-state index contributed by atoms with van der Waals surface area (Å²) in [6.07, 6.45) is 0.906. The van der Waals surface area contributed by atoms with Crippen LogP contribution in [0, 0.1) is 0 Å². The van der Waals surface area contributed by atoms with Crippen LogP contribution in [0.25, 0.3) is 0 Å². The van der Waals surface area contributed by atoms with Crippen LogP contribution >= 0.6 is 0 Å². The minimum atomic E-state index is -3.18. The van der Waals surface area contributed by atoms with E-state index in [0.29, 0.717) is 12.5 Å². The van der Waals surface area contributed by atoms with Crippen LogP contribution in [0.15, 0.2) is 4.99 Å². The summed E-state index contributed by atoms with van der Waals surface area (Å²) < 4.78 is 24.0. The third-order valence-corrected chi connectivity index (χ3v) is 3.67. The van der Waals surface area contributed by atoms with Gasteiger partial charge < -0.3 is 5.32 Å². The largest absolute Gasteiger partial charge is 0.354 e. The van der Waals surface area contributed by atoms with Gasteiger partial charge in [0.2, 0.25) is 16.0 Å². The Morgan fingerprint density at radius 1 is 1.44 bits per heavy atom. The molecule has 4 N–H and O–H groups in total. The standard InChI is InChI=1S/C8H21N5O2S/c1-4-5-10-8(12-9)11-6-7-16(14,15)13(2)3/h4-7,9H2,1-3H3,(H2,10,11,12). The Hall–Kier alpha value is -0.860. The number of aliphatic imine (C=N–C) groups is 1. The van der Waals surface area contributed by atoms with Gasteiger partial charge in [-0.15, -0.1) is 0 Å². The molecule has 0 aliphatic rings. The van der Waals surface area contributed by atoms with Crippen molar-refractivity contribution in [1.82, 2.24) is 15.0 Å². The molecule has 7 nitrogen and oxygen atoms in total. The molecular formula is C8H21N5O2S. The van der Waals surface area contributed by atoms with Crippen LogP contribution in [0.5, 0.6) is 0 Å². The summed E-state index contributed by atoms with van der Waals surface area (Å²) >= 11 is 0. The number of nitrogens with zero attached hydrogens (tertiary/aromatic N) is 2. The summed E-state index contributed by atoms with van der Waals surface area (Å²) in [5.74, 6) is 5.64. The van der Waals surface area contributed by atoms with E-state index in [0.717, 1.165) is 6.42 Å². The van der Waals surface area contributed by atoms with Gasteiger partial charge in [0.1, 0.15) is 0 Å². The molecule has 0 aromatic rings. The quantitative estimate of drug-likeness (QED) is 0.236. The van der Waals surface area contributed by atoms with Crippen LogP contribution in [-0.2, 0) is 10.0 Å². The number of hydrogen-bond acceptors (Lipinski definition) is 4. The molecule has 8 heteroatoms. The molecule has 96 valence electrons. The van der Waals surface area contributed by atoms with E-state index >= 15 is 0 Å². The summed E-state index contributed by atoms with van der Waals surface area (Å²) in [6, 6.07) is 0. The second-order valence-corrected chi connectivity index (χ2v) is 5.70. The van der Waals surface area contributed by atoms with Crippen molar-refractivity contribution in [2.75, 3.05) is 32.9 Å². The highest BCUT2D eigenvalue weighted by atomic mass is 32.2. The lowest BCUT2D eigenvalue weighted by molar-refractivity contribution is 0.519. The van der Waals surface area contributed by atoms with Gasteiger partial charge in [0, 0.05) is 27.2 Å². The molecule has 0 atom stereocenters. The topological polar surface area (TPSA) is 99.8 Å². The molecule has 0 aliphatic heterocycles. The fourth-order valence-electron chi connectivity index (χ4n) is 0.857. The van der Waals surface area contributed by atoms with Crippen molar-refractivity contribution in [3.8, 4) is 0 Å². The van der Waals surface area contributed by atoms with Gasteiger partial charge in [0.25, 0.3) is 0 Å². The first kappa shape index (κ1) is 15.1. The Labute approximate surface area is 97.1 Å². The molecule has 0 saturated carbocycles. The molecule has 0 radical (unpaired) electrons. The first-order valence-corrected chi connectivity index (χ1v) is 6.70. The number of rotatable bonds is 6. The van der Waals surface area contributed by atoms with Crippen molar-refractivity contribution in [2.24, 2.45) is 10.8 Å². The van der Waals surface area contributed by atoms with E-state index < -0.39 is 10.0 Å². The van der Waals surface area contributed by atoms with Crippen molar-refractivity contribution < 1.29 is 8.42 Å². The first-order valence-electron chi connectivity index (χ1n) is 5.09. The maximum Gasteiger partial charge on any atom is 0.215 e. The molecule has 0 aliphatic carbocycles. The third kappa shape index (κ3) is 5.89. The van der Waals surface area contributed by atoms with Crippen molar-refractivity contribution in [1.29, 1.82) is 0 Å². The maximum absolute atomic E-state index is 11.4. The van der Waals surface area contributed by atoms with Gasteiger partial charge in [-0.1, -0.05) is 6.92 Å². The highest BCUT2D eigenvalue weighted by Crippen LogP contribution is 1.91. The van der Waals surface area contributed by atoms with E-state index in [4.69, 9.17) is 5.84 Å². The van der Waals surface area contributed by atoms with Gasteiger partial charge in [0.05, 0.1) is 5.75 Å². The van der Waals surface area contributed by atoms with Gasteiger partial charge >= 0.3 is 0 Å². The van der Waals surface area contributed by atoms with Gasteiger partial charge in [-0.25, -0.2) is 18.6 Å². The molecule has 0 bridgehead atoms. The van der Waals surface area contributed by atoms with Gasteiger partial charge in [-0.2, -0.15) is 0 Å². The molecule has 0 amide bonds. The number of nitrogens with two attached hydrogens (primary N) is 1. The van der Waals surface area contributed by atoms with Crippen molar-refractivity contribution in [3.63, 3.8) is 0 Å². The van der Waals surface area contributed by atoms with Crippen molar-refractivity contribution in [3.05, 3.63) is 0 Å². The number of nitrogens with one attached hydrogen (secondary N) is 2. The average molecular weight is 251 g/mol. The second kappa shape index (κ2) is 7.42. The van der Waals surface area contributed by atoms with E-state index in [1.165, 1.54) is 18.4 Å². The fourth-order valence-corrected chi connectivity index (χ4v) is 1.58. The minimum absolute atomic E-state index is 0.00677. The molecule has 16 heavy (non-hydrogen) atoms. The Balaban J connectivity index is 4.06. The molecule has 0 fully saturated rings. The van der Waals surface area contributed by atoms with Crippen LogP contribution in [0.2, 0.25) is 0 Å². The molecule has 0 aromatic carbocycles. The highest BCUT2D eigenvalue weighted by Gasteiger charge is 2.12. The monoisotopic (exact) mass is 251 g/mol. The zero-order valence-corrected chi connectivity index (χ0v) is 10.8. The van der Waals surface area contributed by atoms with E-state index in [9.17, 15) is 8.42 Å². The lowest BCUT2D eigenvalue weighted by atomic mass is 10.5.